The Morgan fingerprint density at radius 2 is 1.79 bits per heavy atom. The number of ether oxygens (including phenoxy) is 1. The molecule has 7 nitrogen and oxygen atoms in total. The molecule has 128 valence electrons. The zero-order chi connectivity index (χ0) is 16.4. The van der Waals surface area contributed by atoms with Crippen molar-refractivity contribution in [1.82, 2.24) is 14.8 Å². The number of benzene rings is 1. The largest absolute Gasteiger partial charge is 0.423 e. The van der Waals surface area contributed by atoms with Gasteiger partial charge in [-0.25, -0.2) is 0 Å². The van der Waals surface area contributed by atoms with Gasteiger partial charge >= 0.3 is 0 Å². The predicted octanol–water partition coefficient (Wildman–Crippen LogP) is 0.809. The molecule has 1 aromatic heterocycles. The number of anilines is 1. The van der Waals surface area contributed by atoms with E-state index in [1.807, 2.05) is 29.2 Å². The molecular weight excluding hydrogens is 308 g/mol. The molecule has 3 heterocycles. The molecule has 0 spiro atoms. The van der Waals surface area contributed by atoms with E-state index in [9.17, 15) is 4.79 Å². The molecule has 2 aliphatic rings. The normalized spacial score (nSPS) is 19.8. The van der Waals surface area contributed by atoms with Crippen LogP contribution in [-0.4, -0.2) is 79.7 Å². The second kappa shape index (κ2) is 6.78. The van der Waals surface area contributed by atoms with Crippen molar-refractivity contribution in [3.63, 3.8) is 0 Å². The molecule has 2 fully saturated rings. The van der Waals surface area contributed by atoms with E-state index < -0.39 is 0 Å². The predicted molar refractivity (Wildman–Crippen MR) is 90.1 cm³/mol. The summed E-state index contributed by atoms with van der Waals surface area (Å²) in [4.78, 5) is 23.2. The van der Waals surface area contributed by atoms with Crippen LogP contribution in [0.4, 0.5) is 6.01 Å². The molecule has 0 radical (unpaired) electrons. The topological polar surface area (TPSA) is 62.1 Å². The third-order valence-electron chi connectivity index (χ3n) is 4.65. The van der Waals surface area contributed by atoms with Crippen molar-refractivity contribution in [3.05, 3.63) is 24.3 Å². The first-order valence-corrected chi connectivity index (χ1v) is 8.48. The fourth-order valence-corrected chi connectivity index (χ4v) is 3.19. The lowest BCUT2D eigenvalue weighted by Gasteiger charge is -2.35. The van der Waals surface area contributed by atoms with Crippen molar-refractivity contribution in [1.29, 1.82) is 0 Å². The van der Waals surface area contributed by atoms with Crippen molar-refractivity contribution >= 4 is 23.0 Å². The maximum absolute atomic E-state index is 12.4. The van der Waals surface area contributed by atoms with Gasteiger partial charge in [-0.3, -0.25) is 9.69 Å². The Balaban J connectivity index is 1.33. The van der Waals surface area contributed by atoms with Gasteiger partial charge in [-0.2, -0.15) is 4.98 Å². The summed E-state index contributed by atoms with van der Waals surface area (Å²) in [5.41, 5.74) is 1.68. The van der Waals surface area contributed by atoms with Crippen molar-refractivity contribution in [2.75, 3.05) is 63.9 Å². The number of hydrogen-bond donors (Lipinski definition) is 0. The number of nitrogens with zero attached hydrogens (tertiary/aromatic N) is 4. The summed E-state index contributed by atoms with van der Waals surface area (Å²) in [5, 5.41) is 0. The van der Waals surface area contributed by atoms with E-state index in [1.165, 1.54) is 0 Å². The summed E-state index contributed by atoms with van der Waals surface area (Å²) >= 11 is 0. The zero-order valence-electron chi connectivity index (χ0n) is 13.7. The van der Waals surface area contributed by atoms with Crippen molar-refractivity contribution in [2.24, 2.45) is 0 Å². The van der Waals surface area contributed by atoms with Crippen LogP contribution in [0.25, 0.3) is 11.1 Å². The molecule has 0 unspecified atom stereocenters. The van der Waals surface area contributed by atoms with Crippen LogP contribution < -0.4 is 4.90 Å². The van der Waals surface area contributed by atoms with Gasteiger partial charge in [-0.15, -0.1) is 0 Å². The van der Waals surface area contributed by atoms with Gasteiger partial charge in [-0.05, 0) is 12.1 Å². The first-order chi connectivity index (χ1) is 11.8. The minimum absolute atomic E-state index is 0.203. The molecule has 0 atom stereocenters. The number of para-hydroxylation sites is 2. The van der Waals surface area contributed by atoms with Gasteiger partial charge < -0.3 is 19.0 Å². The number of hydrogen-bond acceptors (Lipinski definition) is 6. The molecule has 24 heavy (non-hydrogen) atoms. The number of piperazine rings is 1. The molecule has 0 N–H and O–H groups in total. The smallest absolute Gasteiger partial charge is 0.298 e. The summed E-state index contributed by atoms with van der Waals surface area (Å²) in [6.07, 6.45) is 0. The number of fused-ring (bicyclic) bond motifs is 1. The number of rotatable bonds is 3. The maximum Gasteiger partial charge on any atom is 0.298 e. The lowest BCUT2D eigenvalue weighted by atomic mass is 10.3. The fourth-order valence-electron chi connectivity index (χ4n) is 3.19. The van der Waals surface area contributed by atoms with Crippen molar-refractivity contribution in [3.8, 4) is 0 Å². The average molecular weight is 330 g/mol. The summed E-state index contributed by atoms with van der Waals surface area (Å²) < 4.78 is 11.1. The van der Waals surface area contributed by atoms with Crippen LogP contribution in [0.15, 0.2) is 28.7 Å². The van der Waals surface area contributed by atoms with E-state index >= 15 is 0 Å². The molecule has 7 heteroatoms. The van der Waals surface area contributed by atoms with Gasteiger partial charge in [0.2, 0.25) is 5.91 Å². The lowest BCUT2D eigenvalue weighted by molar-refractivity contribution is -0.133. The zero-order valence-corrected chi connectivity index (χ0v) is 13.7. The van der Waals surface area contributed by atoms with E-state index in [-0.39, 0.29) is 5.91 Å². The Morgan fingerprint density at radius 3 is 2.54 bits per heavy atom. The minimum atomic E-state index is 0.203. The monoisotopic (exact) mass is 330 g/mol. The Labute approximate surface area is 140 Å². The third kappa shape index (κ3) is 3.22. The highest BCUT2D eigenvalue weighted by atomic mass is 16.5. The van der Waals surface area contributed by atoms with Gasteiger partial charge in [-0.1, -0.05) is 12.1 Å². The highest BCUT2D eigenvalue weighted by Crippen LogP contribution is 2.22. The summed E-state index contributed by atoms with van der Waals surface area (Å²) in [5.74, 6) is 0.203. The number of morpholine rings is 1. The van der Waals surface area contributed by atoms with E-state index in [4.69, 9.17) is 9.15 Å². The summed E-state index contributed by atoms with van der Waals surface area (Å²) in [7, 11) is 0. The second-order valence-corrected chi connectivity index (χ2v) is 6.22. The van der Waals surface area contributed by atoms with E-state index in [0.29, 0.717) is 25.6 Å². The fraction of sp³-hybridized carbons (Fsp3) is 0.529. The number of carbonyl (C=O) groups is 1. The van der Waals surface area contributed by atoms with Crippen LogP contribution in [0.3, 0.4) is 0 Å². The Hall–Kier alpha value is -2.12. The van der Waals surface area contributed by atoms with Gasteiger partial charge in [0, 0.05) is 39.3 Å². The first kappa shape index (κ1) is 15.4. The van der Waals surface area contributed by atoms with Crippen LogP contribution in [0, 0.1) is 0 Å². The molecule has 0 aliphatic carbocycles. The van der Waals surface area contributed by atoms with Crippen LogP contribution in [0.5, 0.6) is 0 Å². The molecule has 1 amide bonds. The Kier molecular flexibility index (Phi) is 4.36. The molecule has 4 rings (SSSR count). The summed E-state index contributed by atoms with van der Waals surface area (Å²) in [6, 6.07) is 8.42. The first-order valence-electron chi connectivity index (χ1n) is 8.48. The highest BCUT2D eigenvalue weighted by Gasteiger charge is 2.25. The Morgan fingerprint density at radius 1 is 1.04 bits per heavy atom. The SMILES string of the molecule is O=C(CN1CCOCC1)N1CCN(c2nc3ccccc3o2)CC1. The Bertz CT molecular complexity index is 670. The number of oxazole rings is 1. The standard InChI is InChI=1S/C17H22N4O3/c22-16(13-19-9-11-23-12-10-19)20-5-7-21(8-6-20)17-18-14-3-1-2-4-15(14)24-17/h1-4H,5-13H2. The van der Waals surface area contributed by atoms with Crippen molar-refractivity contribution < 1.29 is 13.9 Å². The molecule has 2 aliphatic heterocycles. The van der Waals surface area contributed by atoms with Gasteiger partial charge in [0.1, 0.15) is 5.52 Å². The summed E-state index contributed by atoms with van der Waals surface area (Å²) in [6.45, 7) is 6.54. The lowest BCUT2D eigenvalue weighted by Crippen LogP contribution is -2.52. The van der Waals surface area contributed by atoms with Gasteiger partial charge in [0.15, 0.2) is 5.58 Å². The third-order valence-corrected chi connectivity index (χ3v) is 4.65. The minimum Gasteiger partial charge on any atom is -0.423 e. The molecule has 2 aromatic rings. The number of amides is 1. The van der Waals surface area contributed by atoms with Crippen LogP contribution in [-0.2, 0) is 9.53 Å². The van der Waals surface area contributed by atoms with Crippen LogP contribution >= 0.6 is 0 Å². The molecule has 1 aromatic carbocycles. The van der Waals surface area contributed by atoms with Gasteiger partial charge in [0.25, 0.3) is 6.01 Å². The quantitative estimate of drug-likeness (QED) is 0.830. The van der Waals surface area contributed by atoms with Crippen LogP contribution in [0.1, 0.15) is 0 Å². The highest BCUT2D eigenvalue weighted by molar-refractivity contribution is 5.78. The van der Waals surface area contributed by atoms with Crippen LogP contribution in [0.2, 0.25) is 0 Å². The van der Waals surface area contributed by atoms with Gasteiger partial charge in [0.05, 0.1) is 19.8 Å². The second-order valence-electron chi connectivity index (χ2n) is 6.22. The maximum atomic E-state index is 12.4. The number of aromatic nitrogens is 1. The number of carbonyl (C=O) groups excluding carboxylic acids is 1. The average Bonchev–Trinajstić information content (AvgIpc) is 3.07. The van der Waals surface area contributed by atoms with E-state index in [1.54, 1.807) is 0 Å². The van der Waals surface area contributed by atoms with E-state index in [0.717, 1.165) is 50.5 Å². The van der Waals surface area contributed by atoms with E-state index in [2.05, 4.69) is 14.8 Å². The molecular formula is C17H22N4O3. The molecule has 2 saturated heterocycles. The molecule has 0 saturated carbocycles. The molecule has 0 bridgehead atoms. The van der Waals surface area contributed by atoms with Crippen molar-refractivity contribution in [2.45, 2.75) is 0 Å².